The summed E-state index contributed by atoms with van der Waals surface area (Å²) in [6, 6.07) is 10.5. The topological polar surface area (TPSA) is 89.0 Å². The predicted octanol–water partition coefficient (Wildman–Crippen LogP) is 5.11. The first-order valence-electron chi connectivity index (χ1n) is 11.4. The summed E-state index contributed by atoms with van der Waals surface area (Å²) in [5.74, 6) is 0.659. The van der Waals surface area contributed by atoms with Crippen molar-refractivity contribution in [3.05, 3.63) is 69.2 Å². The van der Waals surface area contributed by atoms with Crippen LogP contribution < -0.4 is 10.6 Å². The Morgan fingerprint density at radius 1 is 1.18 bits per heavy atom. The minimum Gasteiger partial charge on any atom is -0.381 e. The minimum atomic E-state index is -0.153. The number of fused-ring (bicyclic) bond motifs is 1. The number of amides is 1. The molecule has 0 radical (unpaired) electrons. The van der Waals surface area contributed by atoms with Crippen molar-refractivity contribution < 1.29 is 9.53 Å². The van der Waals surface area contributed by atoms with Gasteiger partial charge in [-0.2, -0.15) is 0 Å². The standard InChI is InChI=1S/C25H27N5O2S2/c1-16-19-21(27-14-25(8-11-32-12-9-25)18-6-4-3-5-7-18)28-15-29-24(19)34-20(16)22(31)30-17(2)23-26-10-13-33-23/h3-7,10,13,15,17H,8-9,11-12,14H2,1-2H3,(H,30,31)(H,27,28,29). The molecule has 0 saturated carbocycles. The lowest BCUT2D eigenvalue weighted by Crippen LogP contribution is -2.40. The summed E-state index contributed by atoms with van der Waals surface area (Å²) in [5.41, 5.74) is 2.19. The lowest BCUT2D eigenvalue weighted by molar-refractivity contribution is 0.0544. The molecule has 1 atom stereocenters. The molecule has 1 aromatic carbocycles. The molecule has 1 aliphatic rings. The smallest absolute Gasteiger partial charge is 0.262 e. The van der Waals surface area contributed by atoms with Gasteiger partial charge in [-0.15, -0.1) is 22.7 Å². The molecule has 3 aromatic heterocycles. The van der Waals surface area contributed by atoms with E-state index in [1.807, 2.05) is 19.2 Å². The Hall–Kier alpha value is -2.88. The number of rotatable bonds is 7. The summed E-state index contributed by atoms with van der Waals surface area (Å²) >= 11 is 2.94. The monoisotopic (exact) mass is 493 g/mol. The molecule has 9 heteroatoms. The van der Waals surface area contributed by atoms with Gasteiger partial charge in [0.05, 0.1) is 16.3 Å². The van der Waals surface area contributed by atoms with Crippen LogP contribution in [-0.4, -0.2) is 40.6 Å². The van der Waals surface area contributed by atoms with E-state index in [2.05, 4.69) is 55.9 Å². The van der Waals surface area contributed by atoms with Gasteiger partial charge in [-0.3, -0.25) is 4.79 Å². The average Bonchev–Trinajstić information content (AvgIpc) is 3.53. The van der Waals surface area contributed by atoms with Gasteiger partial charge in [0, 0.05) is 36.8 Å². The van der Waals surface area contributed by atoms with Crippen LogP contribution in [0.15, 0.2) is 48.2 Å². The highest BCUT2D eigenvalue weighted by Crippen LogP contribution is 2.37. The van der Waals surface area contributed by atoms with Crippen LogP contribution in [0.25, 0.3) is 10.2 Å². The van der Waals surface area contributed by atoms with E-state index in [0.29, 0.717) is 4.88 Å². The zero-order valence-electron chi connectivity index (χ0n) is 19.2. The highest BCUT2D eigenvalue weighted by atomic mass is 32.1. The lowest BCUT2D eigenvalue weighted by atomic mass is 9.74. The van der Waals surface area contributed by atoms with Crippen LogP contribution in [-0.2, 0) is 10.2 Å². The third kappa shape index (κ3) is 4.43. The second-order valence-corrected chi connectivity index (χ2v) is 10.6. The van der Waals surface area contributed by atoms with Gasteiger partial charge in [-0.1, -0.05) is 30.3 Å². The molecule has 1 saturated heterocycles. The van der Waals surface area contributed by atoms with Crippen molar-refractivity contribution in [3.63, 3.8) is 0 Å². The third-order valence-corrected chi connectivity index (χ3v) is 8.69. The van der Waals surface area contributed by atoms with Crippen molar-refractivity contribution in [2.75, 3.05) is 25.1 Å². The lowest BCUT2D eigenvalue weighted by Gasteiger charge is -2.38. The number of hydrogen-bond acceptors (Lipinski definition) is 8. The highest BCUT2D eigenvalue weighted by molar-refractivity contribution is 7.20. The van der Waals surface area contributed by atoms with Crippen LogP contribution in [0.2, 0.25) is 0 Å². The molecule has 34 heavy (non-hydrogen) atoms. The second kappa shape index (κ2) is 9.77. The number of ether oxygens (including phenoxy) is 1. The quantitative estimate of drug-likeness (QED) is 0.372. The van der Waals surface area contributed by atoms with Crippen molar-refractivity contribution in [3.8, 4) is 0 Å². The molecule has 0 spiro atoms. The summed E-state index contributed by atoms with van der Waals surface area (Å²) < 4.78 is 5.68. The minimum absolute atomic E-state index is 0.0238. The first kappa shape index (κ1) is 22.9. The van der Waals surface area contributed by atoms with Crippen LogP contribution in [0.3, 0.4) is 0 Å². The summed E-state index contributed by atoms with van der Waals surface area (Å²) in [6.07, 6.45) is 5.22. The molecule has 1 fully saturated rings. The van der Waals surface area contributed by atoms with Gasteiger partial charge in [0.15, 0.2) is 0 Å². The zero-order valence-corrected chi connectivity index (χ0v) is 20.8. The molecule has 4 heterocycles. The van der Waals surface area contributed by atoms with Crippen molar-refractivity contribution in [1.82, 2.24) is 20.3 Å². The van der Waals surface area contributed by atoms with Crippen LogP contribution in [0.5, 0.6) is 0 Å². The van der Waals surface area contributed by atoms with E-state index in [1.165, 1.54) is 28.2 Å². The number of anilines is 1. The van der Waals surface area contributed by atoms with Crippen LogP contribution in [0.1, 0.15) is 51.6 Å². The van der Waals surface area contributed by atoms with Crippen LogP contribution in [0, 0.1) is 6.92 Å². The number of nitrogens with zero attached hydrogens (tertiary/aromatic N) is 3. The van der Waals surface area contributed by atoms with E-state index in [1.54, 1.807) is 12.5 Å². The van der Waals surface area contributed by atoms with E-state index in [4.69, 9.17) is 4.74 Å². The fourth-order valence-electron chi connectivity index (χ4n) is 4.57. The van der Waals surface area contributed by atoms with Gasteiger partial charge in [0.1, 0.15) is 22.0 Å². The van der Waals surface area contributed by atoms with E-state index in [-0.39, 0.29) is 17.4 Å². The van der Waals surface area contributed by atoms with Crippen molar-refractivity contribution in [2.24, 2.45) is 0 Å². The molecule has 176 valence electrons. The molecular weight excluding hydrogens is 466 g/mol. The van der Waals surface area contributed by atoms with Gasteiger partial charge in [-0.25, -0.2) is 15.0 Å². The number of carbonyl (C=O) groups excluding carboxylic acids is 1. The fraction of sp³-hybridized carbons (Fsp3) is 0.360. The van der Waals surface area contributed by atoms with E-state index in [0.717, 1.165) is 59.2 Å². The second-order valence-electron chi connectivity index (χ2n) is 8.64. The zero-order chi connectivity index (χ0) is 23.5. The van der Waals surface area contributed by atoms with Gasteiger partial charge in [0.25, 0.3) is 5.91 Å². The van der Waals surface area contributed by atoms with Crippen LogP contribution in [0.4, 0.5) is 5.82 Å². The number of benzene rings is 1. The molecule has 1 aliphatic heterocycles. The molecule has 1 unspecified atom stereocenters. The Morgan fingerprint density at radius 3 is 2.71 bits per heavy atom. The summed E-state index contributed by atoms with van der Waals surface area (Å²) in [7, 11) is 0. The number of carbonyl (C=O) groups is 1. The Morgan fingerprint density at radius 2 is 1.97 bits per heavy atom. The number of nitrogens with one attached hydrogen (secondary N) is 2. The number of aromatic nitrogens is 3. The molecule has 0 bridgehead atoms. The third-order valence-electron chi connectivity index (χ3n) is 6.53. The van der Waals surface area contributed by atoms with E-state index in [9.17, 15) is 4.79 Å². The summed E-state index contributed by atoms with van der Waals surface area (Å²) in [5, 5.41) is 10.4. The maximum atomic E-state index is 13.1. The average molecular weight is 494 g/mol. The molecule has 1 amide bonds. The van der Waals surface area contributed by atoms with Crippen molar-refractivity contribution in [2.45, 2.75) is 38.1 Å². The van der Waals surface area contributed by atoms with E-state index >= 15 is 0 Å². The SMILES string of the molecule is Cc1c(C(=O)NC(C)c2nccs2)sc2ncnc(NCC3(c4ccccc4)CCOCC3)c12. The molecule has 4 aromatic rings. The molecular formula is C25H27N5O2S2. The Labute approximate surface area is 206 Å². The number of thiazole rings is 1. The van der Waals surface area contributed by atoms with Crippen molar-refractivity contribution >= 4 is 44.6 Å². The highest BCUT2D eigenvalue weighted by Gasteiger charge is 2.34. The van der Waals surface area contributed by atoms with Gasteiger partial charge < -0.3 is 15.4 Å². The molecule has 0 aliphatic carbocycles. The van der Waals surface area contributed by atoms with Crippen LogP contribution >= 0.6 is 22.7 Å². The van der Waals surface area contributed by atoms with Gasteiger partial charge in [-0.05, 0) is 37.8 Å². The largest absolute Gasteiger partial charge is 0.381 e. The molecule has 7 nitrogen and oxygen atoms in total. The maximum absolute atomic E-state index is 13.1. The molecule has 5 rings (SSSR count). The summed E-state index contributed by atoms with van der Waals surface area (Å²) in [4.78, 5) is 27.9. The number of thiophene rings is 1. The van der Waals surface area contributed by atoms with Gasteiger partial charge >= 0.3 is 0 Å². The number of hydrogen-bond donors (Lipinski definition) is 2. The fourth-order valence-corrected chi connectivity index (χ4v) is 6.27. The van der Waals surface area contributed by atoms with Gasteiger partial charge in [0.2, 0.25) is 0 Å². The maximum Gasteiger partial charge on any atom is 0.262 e. The van der Waals surface area contributed by atoms with Crippen molar-refractivity contribution in [1.29, 1.82) is 0 Å². The Balaban J connectivity index is 1.41. The first-order chi connectivity index (χ1) is 16.6. The Kier molecular flexibility index (Phi) is 6.58. The number of aryl methyl sites for hydroxylation is 1. The predicted molar refractivity (Wildman–Crippen MR) is 137 cm³/mol. The first-order valence-corrected chi connectivity index (χ1v) is 13.1. The molecule has 2 N–H and O–H groups in total. The Bertz CT molecular complexity index is 1270. The normalized spacial score (nSPS) is 16.3. The van der Waals surface area contributed by atoms with E-state index < -0.39 is 0 Å². The summed E-state index contributed by atoms with van der Waals surface area (Å²) in [6.45, 7) is 6.15.